The highest BCUT2D eigenvalue weighted by Crippen LogP contribution is 2.26. The summed E-state index contributed by atoms with van der Waals surface area (Å²) in [6, 6.07) is 9.19. The minimum absolute atomic E-state index is 0. The van der Waals surface area contributed by atoms with Gasteiger partial charge in [-0.25, -0.2) is 9.18 Å². The maximum Gasteiger partial charge on any atom is 0.344 e. The Morgan fingerprint density at radius 2 is 1.88 bits per heavy atom. The summed E-state index contributed by atoms with van der Waals surface area (Å²) in [6.45, 7) is 6.05. The van der Waals surface area contributed by atoms with Crippen molar-refractivity contribution in [3.05, 3.63) is 64.0 Å². The number of halogens is 2. The maximum atomic E-state index is 13.7. The monoisotopic (exact) mass is 483 g/mol. The number of hydrogen-bond donors (Lipinski definition) is 1. The predicted molar refractivity (Wildman–Crippen MR) is 123 cm³/mol. The number of rotatable bonds is 12. The summed E-state index contributed by atoms with van der Waals surface area (Å²) >= 11 is 0. The molecule has 2 rings (SSSR count). The Hall–Kier alpha value is -3.24. The van der Waals surface area contributed by atoms with E-state index in [0.717, 1.165) is 25.2 Å². The van der Waals surface area contributed by atoms with Crippen LogP contribution in [0.3, 0.4) is 0 Å². The number of non-ortho nitro benzene ring substituents is 1. The summed E-state index contributed by atoms with van der Waals surface area (Å²) in [4.78, 5) is 36.7. The van der Waals surface area contributed by atoms with Crippen LogP contribution in [0.15, 0.2) is 42.5 Å². The van der Waals surface area contributed by atoms with Crippen molar-refractivity contribution in [3.63, 3.8) is 0 Å². The van der Waals surface area contributed by atoms with Crippen LogP contribution in [0.1, 0.15) is 19.4 Å². The molecule has 0 aliphatic rings. The minimum atomic E-state index is -0.615. The number of likely N-dealkylation sites (N-methyl/N-ethyl adjacent to an activating group) is 1. The van der Waals surface area contributed by atoms with Gasteiger partial charge in [0.25, 0.3) is 5.69 Å². The summed E-state index contributed by atoms with van der Waals surface area (Å²) in [6.07, 6.45) is -0.133. The Labute approximate surface area is 197 Å². The van der Waals surface area contributed by atoms with Crippen LogP contribution in [0.5, 0.6) is 5.75 Å². The highest BCUT2D eigenvalue weighted by molar-refractivity contribution is 5.93. The lowest BCUT2D eigenvalue weighted by atomic mass is 10.1. The van der Waals surface area contributed by atoms with E-state index in [9.17, 15) is 24.1 Å². The number of nitrogens with one attached hydrogen (secondary N) is 1. The van der Waals surface area contributed by atoms with E-state index in [0.29, 0.717) is 12.1 Å². The molecule has 0 unspecified atom stereocenters. The zero-order chi connectivity index (χ0) is 23.5. The van der Waals surface area contributed by atoms with Crippen LogP contribution in [-0.2, 0) is 20.7 Å². The van der Waals surface area contributed by atoms with Gasteiger partial charge in [0, 0.05) is 24.7 Å². The van der Waals surface area contributed by atoms with Crippen LogP contribution in [0.25, 0.3) is 0 Å². The zero-order valence-corrected chi connectivity index (χ0v) is 19.2. The van der Waals surface area contributed by atoms with Gasteiger partial charge in [-0.2, -0.15) is 0 Å². The number of amides is 1. The number of benzene rings is 2. The molecule has 0 heterocycles. The molecule has 0 bridgehead atoms. The van der Waals surface area contributed by atoms with Gasteiger partial charge in [-0.1, -0.05) is 26.0 Å². The van der Waals surface area contributed by atoms with Gasteiger partial charge in [0.2, 0.25) is 5.91 Å². The van der Waals surface area contributed by atoms with E-state index < -0.39 is 29.2 Å². The number of nitro benzene ring substituents is 1. The molecule has 1 N–H and O–H groups in total. The molecular weight excluding hydrogens is 457 g/mol. The van der Waals surface area contributed by atoms with Gasteiger partial charge in [-0.15, -0.1) is 12.4 Å². The number of nitrogens with zero attached hydrogens (tertiary/aromatic N) is 2. The summed E-state index contributed by atoms with van der Waals surface area (Å²) in [5, 5.41) is 13.4. The summed E-state index contributed by atoms with van der Waals surface area (Å²) in [5.74, 6) is -1.73. The normalized spacial score (nSPS) is 10.3. The average Bonchev–Trinajstić information content (AvgIpc) is 2.77. The van der Waals surface area contributed by atoms with Crippen LogP contribution >= 0.6 is 12.4 Å². The Morgan fingerprint density at radius 3 is 2.55 bits per heavy atom. The molecule has 11 heteroatoms. The summed E-state index contributed by atoms with van der Waals surface area (Å²) in [5.41, 5.74) is 0.483. The lowest BCUT2D eigenvalue weighted by molar-refractivity contribution is -0.384. The van der Waals surface area contributed by atoms with E-state index >= 15 is 0 Å². The van der Waals surface area contributed by atoms with E-state index in [2.05, 4.69) is 10.2 Å². The number of ether oxygens (including phenoxy) is 2. The van der Waals surface area contributed by atoms with Gasteiger partial charge in [0.05, 0.1) is 17.0 Å². The van der Waals surface area contributed by atoms with Crippen molar-refractivity contribution in [2.24, 2.45) is 0 Å². The third-order valence-corrected chi connectivity index (χ3v) is 4.61. The Morgan fingerprint density at radius 1 is 1.15 bits per heavy atom. The van der Waals surface area contributed by atoms with Gasteiger partial charge in [0.15, 0.2) is 6.61 Å². The lowest BCUT2D eigenvalue weighted by Crippen LogP contribution is -2.28. The number of esters is 1. The van der Waals surface area contributed by atoms with Crippen molar-refractivity contribution in [2.45, 2.75) is 20.3 Å². The first-order valence-corrected chi connectivity index (χ1v) is 10.2. The fourth-order valence-corrected chi connectivity index (χ4v) is 2.89. The van der Waals surface area contributed by atoms with Crippen molar-refractivity contribution >= 4 is 35.7 Å². The van der Waals surface area contributed by atoms with Crippen LogP contribution in [0.2, 0.25) is 0 Å². The fraction of sp³-hybridized carbons (Fsp3) is 0.364. The molecule has 2 aromatic rings. The molecule has 2 aromatic carbocycles. The molecule has 0 saturated carbocycles. The Bertz CT molecular complexity index is 955. The number of nitro groups is 1. The highest BCUT2D eigenvalue weighted by Gasteiger charge is 2.14. The van der Waals surface area contributed by atoms with Gasteiger partial charge in [-0.05, 0) is 30.8 Å². The highest BCUT2D eigenvalue weighted by atomic mass is 35.5. The van der Waals surface area contributed by atoms with Crippen LogP contribution < -0.4 is 10.1 Å². The largest absolute Gasteiger partial charge is 0.480 e. The van der Waals surface area contributed by atoms with Gasteiger partial charge < -0.3 is 19.7 Å². The molecule has 0 radical (unpaired) electrons. The van der Waals surface area contributed by atoms with Crippen LogP contribution in [0, 0.1) is 15.9 Å². The molecular formula is C22H27ClFN3O6. The van der Waals surface area contributed by atoms with Crippen molar-refractivity contribution in [1.29, 1.82) is 0 Å². The van der Waals surface area contributed by atoms with Crippen LogP contribution in [0.4, 0.5) is 15.8 Å². The first-order chi connectivity index (χ1) is 15.3. The molecule has 0 spiro atoms. The molecule has 0 aliphatic heterocycles. The standard InChI is InChI=1S/C22H26FN3O6.ClH/c1-3-25(4-2)10-11-31-22(28)15-32-20-14-17(23)8-9-19(20)24-21(27)13-16-6-5-7-18(12-16)26(29)30;/h5-9,12,14H,3-4,10-11,13,15H2,1-2H3,(H,24,27);1H. The van der Waals surface area contributed by atoms with Crippen molar-refractivity contribution in [2.75, 3.05) is 38.2 Å². The fourth-order valence-electron chi connectivity index (χ4n) is 2.89. The number of anilines is 1. The van der Waals surface area contributed by atoms with E-state index in [-0.39, 0.29) is 42.6 Å². The van der Waals surface area contributed by atoms with Crippen molar-refractivity contribution in [3.8, 4) is 5.75 Å². The van der Waals surface area contributed by atoms with Crippen molar-refractivity contribution in [1.82, 2.24) is 4.90 Å². The number of carbonyl (C=O) groups is 2. The second kappa shape index (κ2) is 14.0. The summed E-state index contributed by atoms with van der Waals surface area (Å²) in [7, 11) is 0. The third-order valence-electron chi connectivity index (χ3n) is 4.61. The Balaban J connectivity index is 0.00000544. The van der Waals surface area contributed by atoms with E-state index in [4.69, 9.17) is 9.47 Å². The smallest absolute Gasteiger partial charge is 0.344 e. The number of hydrogen-bond acceptors (Lipinski definition) is 7. The van der Waals surface area contributed by atoms with Crippen LogP contribution in [-0.4, -0.2) is 54.5 Å². The first kappa shape index (κ1) is 27.8. The molecule has 33 heavy (non-hydrogen) atoms. The third kappa shape index (κ3) is 9.42. The predicted octanol–water partition coefficient (Wildman–Crippen LogP) is 3.60. The molecule has 9 nitrogen and oxygen atoms in total. The molecule has 0 atom stereocenters. The molecule has 0 saturated heterocycles. The lowest BCUT2D eigenvalue weighted by Gasteiger charge is -2.17. The summed E-state index contributed by atoms with van der Waals surface area (Å²) < 4.78 is 24.1. The second-order valence-electron chi connectivity index (χ2n) is 6.83. The van der Waals surface area contributed by atoms with E-state index in [1.807, 2.05) is 13.8 Å². The van der Waals surface area contributed by atoms with E-state index in [1.54, 1.807) is 6.07 Å². The maximum absolute atomic E-state index is 13.7. The Kier molecular flexibility index (Phi) is 11.8. The molecule has 1 amide bonds. The molecule has 180 valence electrons. The van der Waals surface area contributed by atoms with E-state index in [1.165, 1.54) is 24.3 Å². The SMILES string of the molecule is CCN(CC)CCOC(=O)COc1cc(F)ccc1NC(=O)Cc1cccc([N+](=O)[O-])c1.Cl. The average molecular weight is 484 g/mol. The molecule has 0 fully saturated rings. The van der Waals surface area contributed by atoms with Gasteiger partial charge in [0.1, 0.15) is 18.2 Å². The molecule has 0 aliphatic carbocycles. The quantitative estimate of drug-likeness (QED) is 0.279. The number of carbonyl (C=O) groups excluding carboxylic acids is 2. The second-order valence-corrected chi connectivity index (χ2v) is 6.83. The zero-order valence-electron chi connectivity index (χ0n) is 18.4. The minimum Gasteiger partial charge on any atom is -0.480 e. The van der Waals surface area contributed by atoms with Crippen molar-refractivity contribution < 1.29 is 28.4 Å². The van der Waals surface area contributed by atoms with Gasteiger partial charge >= 0.3 is 5.97 Å². The first-order valence-electron chi connectivity index (χ1n) is 10.2. The van der Waals surface area contributed by atoms with Gasteiger partial charge in [-0.3, -0.25) is 14.9 Å². The molecule has 0 aromatic heterocycles. The topological polar surface area (TPSA) is 111 Å².